The zero-order valence-electron chi connectivity index (χ0n) is 17.5. The Morgan fingerprint density at radius 3 is 2.00 bits per heavy atom. The topological polar surface area (TPSA) is 97.4 Å². The summed E-state index contributed by atoms with van der Waals surface area (Å²) in [7, 11) is -3.78. The standard InChI is InChI=1S/C22H28O8S/c1-19-7-9-21(10-8-19)31(24,25)30-16-15-27-12-11-26-13-14-28-18-22(23)29-17-20-5-3-2-4-6-20/h2-10H,11-18H2,1H3. The number of carbonyl (C=O) groups excluding carboxylic acids is 1. The van der Waals surface area contributed by atoms with Gasteiger partial charge in [0.05, 0.1) is 44.5 Å². The van der Waals surface area contributed by atoms with E-state index >= 15 is 0 Å². The fraction of sp³-hybridized carbons (Fsp3) is 0.409. The lowest BCUT2D eigenvalue weighted by atomic mass is 10.2. The minimum Gasteiger partial charge on any atom is -0.459 e. The van der Waals surface area contributed by atoms with Gasteiger partial charge >= 0.3 is 5.97 Å². The Kier molecular flexibility index (Phi) is 11.2. The second-order valence-corrected chi connectivity index (χ2v) is 8.13. The van der Waals surface area contributed by atoms with Crippen molar-refractivity contribution in [1.82, 2.24) is 0 Å². The molecule has 0 heterocycles. The molecule has 0 bridgehead atoms. The first kappa shape index (κ1) is 25.0. The molecule has 0 atom stereocenters. The summed E-state index contributed by atoms with van der Waals surface area (Å²) in [6, 6.07) is 15.8. The molecule has 0 aliphatic heterocycles. The Morgan fingerprint density at radius 2 is 1.35 bits per heavy atom. The molecule has 8 nitrogen and oxygen atoms in total. The van der Waals surface area contributed by atoms with E-state index in [0.717, 1.165) is 11.1 Å². The normalized spacial score (nSPS) is 11.4. The molecule has 0 radical (unpaired) electrons. The second kappa shape index (κ2) is 13.9. The Bertz CT molecular complexity index is 866. The van der Waals surface area contributed by atoms with Gasteiger partial charge in [0, 0.05) is 0 Å². The maximum absolute atomic E-state index is 12.0. The van der Waals surface area contributed by atoms with Gasteiger partial charge < -0.3 is 18.9 Å². The minimum absolute atomic E-state index is 0.0790. The summed E-state index contributed by atoms with van der Waals surface area (Å²) < 4.78 is 49.8. The van der Waals surface area contributed by atoms with Crippen LogP contribution >= 0.6 is 0 Å². The van der Waals surface area contributed by atoms with Crippen molar-refractivity contribution in [2.24, 2.45) is 0 Å². The number of carbonyl (C=O) groups is 1. The van der Waals surface area contributed by atoms with Crippen LogP contribution in [0.4, 0.5) is 0 Å². The van der Waals surface area contributed by atoms with Crippen LogP contribution in [0.15, 0.2) is 59.5 Å². The van der Waals surface area contributed by atoms with E-state index in [2.05, 4.69) is 0 Å². The number of hydrogen-bond donors (Lipinski definition) is 0. The lowest BCUT2D eigenvalue weighted by Crippen LogP contribution is -2.16. The van der Waals surface area contributed by atoms with Gasteiger partial charge in [0.2, 0.25) is 0 Å². The molecular weight excluding hydrogens is 424 g/mol. The zero-order chi connectivity index (χ0) is 22.4. The summed E-state index contributed by atoms with van der Waals surface area (Å²) in [4.78, 5) is 11.7. The first-order chi connectivity index (χ1) is 15.0. The van der Waals surface area contributed by atoms with Crippen LogP contribution in [-0.4, -0.2) is 60.6 Å². The van der Waals surface area contributed by atoms with Crippen molar-refractivity contribution in [3.63, 3.8) is 0 Å². The van der Waals surface area contributed by atoms with Crippen molar-refractivity contribution in [3.8, 4) is 0 Å². The van der Waals surface area contributed by atoms with E-state index in [1.54, 1.807) is 12.1 Å². The molecule has 0 saturated heterocycles. The van der Waals surface area contributed by atoms with E-state index < -0.39 is 16.1 Å². The van der Waals surface area contributed by atoms with E-state index in [4.69, 9.17) is 23.1 Å². The largest absolute Gasteiger partial charge is 0.459 e. The van der Waals surface area contributed by atoms with Crippen LogP contribution < -0.4 is 0 Å². The Labute approximate surface area is 183 Å². The number of benzene rings is 2. The van der Waals surface area contributed by atoms with E-state index in [1.165, 1.54) is 12.1 Å². The van der Waals surface area contributed by atoms with Gasteiger partial charge in [0.1, 0.15) is 13.2 Å². The molecular formula is C22H28O8S. The molecule has 0 fully saturated rings. The highest BCUT2D eigenvalue weighted by atomic mass is 32.2. The fourth-order valence-corrected chi connectivity index (χ4v) is 3.24. The van der Waals surface area contributed by atoms with E-state index in [0.29, 0.717) is 13.2 Å². The predicted octanol–water partition coefficient (Wildman–Crippen LogP) is 2.49. The van der Waals surface area contributed by atoms with Crippen LogP contribution in [0, 0.1) is 6.92 Å². The molecule has 0 spiro atoms. The van der Waals surface area contributed by atoms with E-state index in [1.807, 2.05) is 37.3 Å². The Morgan fingerprint density at radius 1 is 0.774 bits per heavy atom. The highest BCUT2D eigenvalue weighted by Crippen LogP contribution is 2.12. The lowest BCUT2D eigenvalue weighted by molar-refractivity contribution is -0.150. The molecule has 0 saturated carbocycles. The van der Waals surface area contributed by atoms with Crippen molar-refractivity contribution in [2.75, 3.05) is 46.2 Å². The summed E-state index contributed by atoms with van der Waals surface area (Å²) >= 11 is 0. The molecule has 0 N–H and O–H groups in total. The van der Waals surface area contributed by atoms with E-state index in [9.17, 15) is 13.2 Å². The molecule has 9 heteroatoms. The maximum atomic E-state index is 12.0. The van der Waals surface area contributed by atoms with Crippen molar-refractivity contribution < 1.29 is 36.3 Å². The minimum atomic E-state index is -3.78. The van der Waals surface area contributed by atoms with Crippen molar-refractivity contribution in [2.45, 2.75) is 18.4 Å². The third-order valence-corrected chi connectivity index (χ3v) is 5.31. The van der Waals surface area contributed by atoms with Gasteiger partial charge in [-0.05, 0) is 24.6 Å². The zero-order valence-corrected chi connectivity index (χ0v) is 18.3. The van der Waals surface area contributed by atoms with Crippen LogP contribution in [0.2, 0.25) is 0 Å². The van der Waals surface area contributed by atoms with Gasteiger partial charge in [-0.15, -0.1) is 0 Å². The maximum Gasteiger partial charge on any atom is 0.332 e. The molecule has 0 aromatic heterocycles. The van der Waals surface area contributed by atoms with Gasteiger partial charge in [0.15, 0.2) is 0 Å². The number of ether oxygens (including phenoxy) is 4. The highest BCUT2D eigenvalue weighted by molar-refractivity contribution is 7.86. The number of hydrogen-bond acceptors (Lipinski definition) is 8. The molecule has 2 aromatic carbocycles. The number of esters is 1. The highest BCUT2D eigenvalue weighted by Gasteiger charge is 2.14. The fourth-order valence-electron chi connectivity index (χ4n) is 2.35. The van der Waals surface area contributed by atoms with Gasteiger partial charge in [-0.25, -0.2) is 4.79 Å². The molecule has 31 heavy (non-hydrogen) atoms. The third kappa shape index (κ3) is 10.5. The molecule has 0 amide bonds. The molecule has 0 aliphatic rings. The van der Waals surface area contributed by atoms with Crippen LogP contribution in [0.5, 0.6) is 0 Å². The first-order valence-corrected chi connectivity index (χ1v) is 11.3. The first-order valence-electron chi connectivity index (χ1n) is 9.86. The molecule has 0 unspecified atom stereocenters. The van der Waals surface area contributed by atoms with Gasteiger partial charge in [-0.3, -0.25) is 4.18 Å². The summed E-state index contributed by atoms with van der Waals surface area (Å²) in [5, 5.41) is 0. The van der Waals surface area contributed by atoms with Gasteiger partial charge in [0.25, 0.3) is 10.1 Å². The van der Waals surface area contributed by atoms with Crippen molar-refractivity contribution in [3.05, 3.63) is 65.7 Å². The lowest BCUT2D eigenvalue weighted by Gasteiger charge is -2.08. The average Bonchev–Trinajstić information content (AvgIpc) is 2.77. The summed E-state index contributed by atoms with van der Waals surface area (Å²) in [6.45, 7) is 3.14. The molecule has 0 aliphatic carbocycles. The van der Waals surface area contributed by atoms with Crippen LogP contribution in [0.3, 0.4) is 0 Å². The third-order valence-electron chi connectivity index (χ3n) is 3.98. The van der Waals surface area contributed by atoms with Crippen LogP contribution in [-0.2, 0) is 44.7 Å². The quantitative estimate of drug-likeness (QED) is 0.231. The monoisotopic (exact) mass is 452 g/mol. The molecule has 2 rings (SSSR count). The number of rotatable bonds is 15. The van der Waals surface area contributed by atoms with Crippen molar-refractivity contribution in [1.29, 1.82) is 0 Å². The number of aryl methyl sites for hydroxylation is 1. The average molecular weight is 453 g/mol. The van der Waals surface area contributed by atoms with Crippen LogP contribution in [0.1, 0.15) is 11.1 Å². The summed E-state index contributed by atoms with van der Waals surface area (Å²) in [5.41, 5.74) is 1.88. The van der Waals surface area contributed by atoms with Gasteiger partial charge in [-0.1, -0.05) is 48.0 Å². The Balaban J connectivity index is 1.41. The molecule has 170 valence electrons. The Hall–Kier alpha value is -2.30. The SMILES string of the molecule is Cc1ccc(S(=O)(=O)OCCOCCOCCOCC(=O)OCc2ccccc2)cc1. The van der Waals surface area contributed by atoms with E-state index in [-0.39, 0.29) is 44.5 Å². The van der Waals surface area contributed by atoms with Crippen LogP contribution in [0.25, 0.3) is 0 Å². The second-order valence-electron chi connectivity index (χ2n) is 6.51. The van der Waals surface area contributed by atoms with Gasteiger partial charge in [-0.2, -0.15) is 8.42 Å². The summed E-state index contributed by atoms with van der Waals surface area (Å²) in [6.07, 6.45) is 0. The molecule has 2 aromatic rings. The van der Waals surface area contributed by atoms with Crippen molar-refractivity contribution >= 4 is 16.1 Å². The predicted molar refractivity (Wildman–Crippen MR) is 113 cm³/mol. The smallest absolute Gasteiger partial charge is 0.332 e. The summed E-state index contributed by atoms with van der Waals surface area (Å²) in [5.74, 6) is -0.437.